The van der Waals surface area contributed by atoms with Gasteiger partial charge in [0.25, 0.3) is 10.0 Å². The molecule has 1 aliphatic rings. The molecule has 4 rings (SSSR count). The number of benzene rings is 3. The second-order valence-corrected chi connectivity index (χ2v) is 8.77. The minimum atomic E-state index is -3.75. The van der Waals surface area contributed by atoms with Crippen LogP contribution < -0.4 is 14.4 Å². The van der Waals surface area contributed by atoms with Crippen molar-refractivity contribution >= 4 is 32.4 Å². The molecule has 0 bridgehead atoms. The van der Waals surface area contributed by atoms with Crippen molar-refractivity contribution in [2.24, 2.45) is 0 Å². The highest BCUT2D eigenvalue weighted by Crippen LogP contribution is 2.41. The summed E-state index contributed by atoms with van der Waals surface area (Å²) in [5.41, 5.74) is 1.46. The van der Waals surface area contributed by atoms with Crippen molar-refractivity contribution < 1.29 is 17.9 Å². The molecule has 0 saturated carbocycles. The van der Waals surface area contributed by atoms with E-state index in [0.29, 0.717) is 17.7 Å². The summed E-state index contributed by atoms with van der Waals surface area (Å²) in [7, 11) is -3.75. The average Bonchev–Trinajstić information content (AvgIpc) is 2.92. The van der Waals surface area contributed by atoms with Gasteiger partial charge in [0, 0.05) is 5.39 Å². The van der Waals surface area contributed by atoms with Crippen molar-refractivity contribution in [2.75, 3.05) is 17.5 Å². The lowest BCUT2D eigenvalue weighted by Gasteiger charge is -2.20. The average molecular weight is 410 g/mol. The number of hydrogen-bond acceptors (Lipinski definition) is 4. The minimum Gasteiger partial charge on any atom is -0.494 e. The Morgan fingerprint density at radius 1 is 1.07 bits per heavy atom. The normalized spacial score (nSPS) is 15.3. The minimum absolute atomic E-state index is 0.248. The number of carbonyl (C=O) groups excluding carboxylic acids is 1. The van der Waals surface area contributed by atoms with Gasteiger partial charge in [-0.3, -0.25) is 9.10 Å². The van der Waals surface area contributed by atoms with Gasteiger partial charge in [-0.2, -0.15) is 0 Å². The zero-order valence-corrected chi connectivity index (χ0v) is 17.1. The van der Waals surface area contributed by atoms with E-state index in [-0.39, 0.29) is 23.4 Å². The molecule has 6 nitrogen and oxygen atoms in total. The molecular weight excluding hydrogens is 388 g/mol. The number of amides is 1. The number of sulfonamides is 1. The zero-order chi connectivity index (χ0) is 20.6. The van der Waals surface area contributed by atoms with Crippen LogP contribution in [0.2, 0.25) is 0 Å². The topological polar surface area (TPSA) is 75.7 Å². The first-order chi connectivity index (χ1) is 13.9. The number of hydrogen-bond donors (Lipinski definition) is 1. The Morgan fingerprint density at radius 2 is 1.76 bits per heavy atom. The van der Waals surface area contributed by atoms with Crippen LogP contribution in [0.25, 0.3) is 10.8 Å². The van der Waals surface area contributed by atoms with Crippen LogP contribution in [-0.2, 0) is 14.8 Å². The molecule has 1 N–H and O–H groups in total. The highest BCUT2D eigenvalue weighted by atomic mass is 32.2. The number of anilines is 1. The van der Waals surface area contributed by atoms with Crippen molar-refractivity contribution in [1.29, 1.82) is 0 Å². The Bertz CT molecular complexity index is 1170. The molecule has 7 heteroatoms. The molecule has 1 heterocycles. The maximum absolute atomic E-state index is 13.0. The quantitative estimate of drug-likeness (QED) is 0.673. The zero-order valence-electron chi connectivity index (χ0n) is 16.3. The second kappa shape index (κ2) is 7.40. The third-order valence-corrected chi connectivity index (χ3v) is 6.84. The van der Waals surface area contributed by atoms with Crippen molar-refractivity contribution in [2.45, 2.75) is 24.8 Å². The van der Waals surface area contributed by atoms with Gasteiger partial charge in [-0.25, -0.2) is 8.42 Å². The summed E-state index contributed by atoms with van der Waals surface area (Å²) in [6.07, 6.45) is 0. The Labute approximate surface area is 170 Å². The van der Waals surface area contributed by atoms with Gasteiger partial charge in [-0.05, 0) is 49.1 Å². The third kappa shape index (κ3) is 3.42. The first kappa shape index (κ1) is 19.3. The molecular formula is C22H22N2O4S. The van der Waals surface area contributed by atoms with Crippen LogP contribution >= 0.6 is 0 Å². The Morgan fingerprint density at radius 3 is 2.45 bits per heavy atom. The predicted octanol–water partition coefficient (Wildman–Crippen LogP) is 3.62. The fraction of sp³-hybridized carbons (Fsp3) is 0.227. The van der Waals surface area contributed by atoms with Crippen LogP contribution in [0.3, 0.4) is 0 Å². The molecule has 1 unspecified atom stereocenters. The molecule has 0 saturated heterocycles. The van der Waals surface area contributed by atoms with Gasteiger partial charge in [0.1, 0.15) is 12.3 Å². The van der Waals surface area contributed by atoms with Gasteiger partial charge in [0.05, 0.1) is 23.2 Å². The summed E-state index contributed by atoms with van der Waals surface area (Å²) in [5.74, 6) is 0.406. The molecule has 0 fully saturated rings. The van der Waals surface area contributed by atoms with Crippen molar-refractivity contribution in [3.8, 4) is 5.75 Å². The molecule has 3 aromatic rings. The smallest absolute Gasteiger partial charge is 0.265 e. The number of nitrogens with zero attached hydrogens (tertiary/aromatic N) is 1. The molecule has 3 aromatic carbocycles. The number of rotatable bonds is 6. The van der Waals surface area contributed by atoms with E-state index in [9.17, 15) is 13.2 Å². The predicted molar refractivity (Wildman–Crippen MR) is 113 cm³/mol. The van der Waals surface area contributed by atoms with Crippen LogP contribution in [-0.4, -0.2) is 27.5 Å². The van der Waals surface area contributed by atoms with E-state index in [4.69, 9.17) is 4.74 Å². The van der Waals surface area contributed by atoms with Gasteiger partial charge in [-0.15, -0.1) is 0 Å². The summed E-state index contributed by atoms with van der Waals surface area (Å²) < 4.78 is 32.6. The molecule has 1 amide bonds. The van der Waals surface area contributed by atoms with Gasteiger partial charge in [-0.1, -0.05) is 36.4 Å². The lowest BCUT2D eigenvalue weighted by molar-refractivity contribution is -0.120. The fourth-order valence-corrected chi connectivity index (χ4v) is 5.32. The van der Waals surface area contributed by atoms with Crippen molar-refractivity contribution in [3.05, 3.63) is 66.2 Å². The van der Waals surface area contributed by atoms with E-state index in [1.807, 2.05) is 50.2 Å². The van der Waals surface area contributed by atoms with Crippen LogP contribution in [0.15, 0.2) is 65.6 Å². The van der Waals surface area contributed by atoms with E-state index >= 15 is 0 Å². The summed E-state index contributed by atoms with van der Waals surface area (Å²) in [5, 5.41) is 4.40. The summed E-state index contributed by atoms with van der Waals surface area (Å²) in [6, 6.07) is 17.8. The lowest BCUT2D eigenvalue weighted by Crippen LogP contribution is -2.39. The van der Waals surface area contributed by atoms with E-state index in [2.05, 4.69) is 5.32 Å². The maximum Gasteiger partial charge on any atom is 0.265 e. The highest BCUT2D eigenvalue weighted by molar-refractivity contribution is 7.93. The van der Waals surface area contributed by atoms with E-state index in [1.165, 1.54) is 4.31 Å². The molecule has 0 aromatic heterocycles. The second-order valence-electron chi connectivity index (χ2n) is 6.93. The first-order valence-corrected chi connectivity index (χ1v) is 10.9. The van der Waals surface area contributed by atoms with Crippen molar-refractivity contribution in [3.63, 3.8) is 0 Å². The van der Waals surface area contributed by atoms with Crippen LogP contribution in [0.1, 0.15) is 25.5 Å². The number of nitrogens with one attached hydrogen (secondary N) is 1. The maximum atomic E-state index is 13.0. The number of carbonyl (C=O) groups is 1. The fourth-order valence-electron chi connectivity index (χ4n) is 3.65. The Hall–Kier alpha value is -3.06. The standard InChI is InChI=1S/C22H22N2O4S/c1-3-28-18-12-10-16(11-13-18)15(2)23-21(25)14-24-19-8-4-6-17-7-5-9-20(22(17)19)29(24,26)27/h4-13,15H,3,14H2,1-2H3,(H,23,25). The number of ether oxygens (including phenoxy) is 1. The SMILES string of the molecule is CCOc1ccc(C(C)NC(=O)CN2c3cccc4cccc(c34)S2(=O)=O)cc1. The lowest BCUT2D eigenvalue weighted by atomic mass is 10.1. The molecule has 150 valence electrons. The molecule has 0 radical (unpaired) electrons. The summed E-state index contributed by atoms with van der Waals surface area (Å²) >= 11 is 0. The Kier molecular flexibility index (Phi) is 4.92. The molecule has 0 spiro atoms. The molecule has 29 heavy (non-hydrogen) atoms. The van der Waals surface area contributed by atoms with Crippen LogP contribution in [0.4, 0.5) is 5.69 Å². The van der Waals surface area contributed by atoms with Crippen molar-refractivity contribution in [1.82, 2.24) is 5.32 Å². The Balaban J connectivity index is 1.52. The highest BCUT2D eigenvalue weighted by Gasteiger charge is 2.36. The monoisotopic (exact) mass is 410 g/mol. The van der Waals surface area contributed by atoms with Gasteiger partial charge in [0.15, 0.2) is 0 Å². The van der Waals surface area contributed by atoms with Gasteiger partial charge >= 0.3 is 0 Å². The first-order valence-electron chi connectivity index (χ1n) is 9.48. The molecule has 1 aliphatic heterocycles. The van der Waals surface area contributed by atoms with Gasteiger partial charge in [0.2, 0.25) is 5.91 Å². The molecule has 1 atom stereocenters. The van der Waals surface area contributed by atoms with E-state index in [0.717, 1.165) is 16.7 Å². The summed E-state index contributed by atoms with van der Waals surface area (Å²) in [4.78, 5) is 12.9. The summed E-state index contributed by atoms with van der Waals surface area (Å²) in [6.45, 7) is 4.10. The van der Waals surface area contributed by atoms with Crippen LogP contribution in [0.5, 0.6) is 5.75 Å². The van der Waals surface area contributed by atoms with E-state index < -0.39 is 10.0 Å². The third-order valence-electron chi connectivity index (χ3n) is 5.04. The van der Waals surface area contributed by atoms with Gasteiger partial charge < -0.3 is 10.1 Å². The van der Waals surface area contributed by atoms with Crippen LogP contribution in [0, 0.1) is 0 Å². The molecule has 0 aliphatic carbocycles. The van der Waals surface area contributed by atoms with E-state index in [1.54, 1.807) is 24.3 Å². The largest absolute Gasteiger partial charge is 0.494 e.